The highest BCUT2D eigenvalue weighted by Gasteiger charge is 2.07. The quantitative estimate of drug-likeness (QED) is 0.877. The Labute approximate surface area is 111 Å². The van der Waals surface area contributed by atoms with E-state index in [1.54, 1.807) is 0 Å². The molecule has 0 aliphatic carbocycles. The number of nitrogens with one attached hydrogen (secondary N) is 2. The van der Waals surface area contributed by atoms with Crippen molar-refractivity contribution in [1.82, 2.24) is 5.32 Å². The van der Waals surface area contributed by atoms with E-state index in [2.05, 4.69) is 40.4 Å². The molecule has 1 aromatic rings. The van der Waals surface area contributed by atoms with E-state index in [0.29, 0.717) is 12.6 Å². The zero-order valence-corrected chi connectivity index (χ0v) is 12.1. The first-order chi connectivity index (χ1) is 8.04. The fourth-order valence-corrected chi connectivity index (χ4v) is 1.71. The van der Waals surface area contributed by atoms with Gasteiger partial charge in [0, 0.05) is 10.5 Å². The van der Waals surface area contributed by atoms with Gasteiger partial charge in [0.1, 0.15) is 0 Å². The summed E-state index contributed by atoms with van der Waals surface area (Å²) in [6.07, 6.45) is 1.02. The van der Waals surface area contributed by atoms with E-state index in [4.69, 9.17) is 0 Å². The number of hydrogen-bond acceptors (Lipinski definition) is 2. The molecule has 0 radical (unpaired) electrons. The molecule has 1 atom stereocenters. The molecule has 0 heterocycles. The molecule has 0 bridgehead atoms. The highest BCUT2D eigenvalue weighted by Crippen LogP contribution is 2.25. The van der Waals surface area contributed by atoms with Gasteiger partial charge in [-0.1, -0.05) is 19.1 Å². The summed E-state index contributed by atoms with van der Waals surface area (Å²) in [5, 5.41) is 6.04. The van der Waals surface area contributed by atoms with Crippen molar-refractivity contribution in [2.75, 3.05) is 11.9 Å². The molecule has 0 fully saturated rings. The van der Waals surface area contributed by atoms with E-state index in [9.17, 15) is 4.79 Å². The monoisotopic (exact) mass is 298 g/mol. The summed E-state index contributed by atoms with van der Waals surface area (Å²) >= 11 is 3.47. The largest absolute Gasteiger partial charge is 0.324 e. The van der Waals surface area contributed by atoms with Crippen molar-refractivity contribution in [3.05, 3.63) is 28.2 Å². The first-order valence-electron chi connectivity index (χ1n) is 5.83. The van der Waals surface area contributed by atoms with Gasteiger partial charge in [-0.2, -0.15) is 0 Å². The van der Waals surface area contributed by atoms with Crippen LogP contribution in [-0.2, 0) is 4.79 Å². The maximum atomic E-state index is 11.7. The molecule has 0 aliphatic heterocycles. The lowest BCUT2D eigenvalue weighted by atomic mass is 10.2. The third-order valence-electron chi connectivity index (χ3n) is 2.69. The molecule has 0 aromatic heterocycles. The summed E-state index contributed by atoms with van der Waals surface area (Å²) in [6, 6.07) is 6.18. The van der Waals surface area contributed by atoms with Crippen LogP contribution in [0.3, 0.4) is 0 Å². The number of carbonyl (C=O) groups excluding carboxylic acids is 1. The van der Waals surface area contributed by atoms with E-state index in [1.165, 1.54) is 0 Å². The van der Waals surface area contributed by atoms with Gasteiger partial charge in [0.2, 0.25) is 5.91 Å². The first-order valence-corrected chi connectivity index (χ1v) is 6.62. The molecular weight excluding hydrogens is 280 g/mol. The molecular formula is C13H19BrN2O. The third-order valence-corrected chi connectivity index (χ3v) is 3.74. The molecule has 2 N–H and O–H groups in total. The Balaban J connectivity index is 2.54. The summed E-state index contributed by atoms with van der Waals surface area (Å²) in [6.45, 7) is 6.50. The van der Waals surface area contributed by atoms with Crippen molar-refractivity contribution in [2.24, 2.45) is 0 Å². The van der Waals surface area contributed by atoms with Crippen LogP contribution in [0.1, 0.15) is 25.8 Å². The van der Waals surface area contributed by atoms with Gasteiger partial charge in [0.05, 0.1) is 12.2 Å². The molecule has 94 valence electrons. The Bertz CT molecular complexity index is 393. The fourth-order valence-electron chi connectivity index (χ4n) is 1.35. The van der Waals surface area contributed by atoms with Crippen LogP contribution in [0.15, 0.2) is 22.7 Å². The molecule has 0 saturated heterocycles. The SMILES string of the molecule is CCC(C)NCC(=O)Nc1cccc(C)c1Br. The lowest BCUT2D eigenvalue weighted by molar-refractivity contribution is -0.115. The number of anilines is 1. The summed E-state index contributed by atoms with van der Waals surface area (Å²) in [7, 11) is 0. The maximum absolute atomic E-state index is 11.7. The molecule has 4 heteroatoms. The smallest absolute Gasteiger partial charge is 0.238 e. The average Bonchev–Trinajstić information content (AvgIpc) is 2.32. The Hall–Kier alpha value is -0.870. The summed E-state index contributed by atoms with van der Waals surface area (Å²) in [5.74, 6) is -0.0170. The van der Waals surface area contributed by atoms with E-state index < -0.39 is 0 Å². The van der Waals surface area contributed by atoms with Gasteiger partial charge >= 0.3 is 0 Å². The molecule has 3 nitrogen and oxygen atoms in total. The number of benzene rings is 1. The first kappa shape index (κ1) is 14.2. The minimum Gasteiger partial charge on any atom is -0.324 e. The van der Waals surface area contributed by atoms with Crippen LogP contribution < -0.4 is 10.6 Å². The molecule has 0 saturated carbocycles. The minimum atomic E-state index is -0.0170. The van der Waals surface area contributed by atoms with Gasteiger partial charge in [-0.15, -0.1) is 0 Å². The van der Waals surface area contributed by atoms with Crippen LogP contribution in [0.2, 0.25) is 0 Å². The van der Waals surface area contributed by atoms with Crippen molar-refractivity contribution in [3.63, 3.8) is 0 Å². The maximum Gasteiger partial charge on any atom is 0.238 e. The third kappa shape index (κ3) is 4.48. The van der Waals surface area contributed by atoms with Crippen molar-refractivity contribution in [2.45, 2.75) is 33.2 Å². The van der Waals surface area contributed by atoms with E-state index >= 15 is 0 Å². The number of halogens is 1. The van der Waals surface area contributed by atoms with Crippen LogP contribution in [0.4, 0.5) is 5.69 Å². The van der Waals surface area contributed by atoms with Crippen molar-refractivity contribution < 1.29 is 4.79 Å². The summed E-state index contributed by atoms with van der Waals surface area (Å²) < 4.78 is 0.942. The van der Waals surface area contributed by atoms with Gasteiger partial charge in [0.15, 0.2) is 0 Å². The highest BCUT2D eigenvalue weighted by atomic mass is 79.9. The van der Waals surface area contributed by atoms with E-state index in [-0.39, 0.29) is 5.91 Å². The predicted octanol–water partition coefficient (Wildman–Crippen LogP) is 3.08. The normalized spacial score (nSPS) is 12.2. The highest BCUT2D eigenvalue weighted by molar-refractivity contribution is 9.10. The van der Waals surface area contributed by atoms with Crippen LogP contribution in [0, 0.1) is 6.92 Å². The Kier molecular flexibility index (Phi) is 5.65. The zero-order chi connectivity index (χ0) is 12.8. The lowest BCUT2D eigenvalue weighted by Gasteiger charge is -2.12. The van der Waals surface area contributed by atoms with Gasteiger partial charge in [-0.25, -0.2) is 0 Å². The number of rotatable bonds is 5. The van der Waals surface area contributed by atoms with Crippen LogP contribution >= 0.6 is 15.9 Å². The summed E-state index contributed by atoms with van der Waals surface area (Å²) in [4.78, 5) is 11.7. The Morgan fingerprint density at radius 1 is 1.47 bits per heavy atom. The number of hydrogen-bond donors (Lipinski definition) is 2. The van der Waals surface area contributed by atoms with Crippen molar-refractivity contribution in [1.29, 1.82) is 0 Å². The Morgan fingerprint density at radius 3 is 2.82 bits per heavy atom. The molecule has 1 amide bonds. The second-order valence-corrected chi connectivity index (χ2v) is 4.97. The molecule has 0 aliphatic rings. The number of carbonyl (C=O) groups is 1. The Morgan fingerprint density at radius 2 is 2.18 bits per heavy atom. The van der Waals surface area contributed by atoms with E-state index in [1.807, 2.05) is 25.1 Å². The van der Waals surface area contributed by atoms with E-state index in [0.717, 1.165) is 22.1 Å². The van der Waals surface area contributed by atoms with Gasteiger partial charge in [-0.3, -0.25) is 4.79 Å². The lowest BCUT2D eigenvalue weighted by Crippen LogP contribution is -2.34. The second-order valence-electron chi connectivity index (χ2n) is 4.17. The zero-order valence-electron chi connectivity index (χ0n) is 10.5. The standard InChI is InChI=1S/C13H19BrN2O/c1-4-10(3)15-8-12(17)16-11-7-5-6-9(2)13(11)14/h5-7,10,15H,4,8H2,1-3H3,(H,16,17). The van der Waals surface area contributed by atoms with Crippen LogP contribution in [0.5, 0.6) is 0 Å². The summed E-state index contributed by atoms with van der Waals surface area (Å²) in [5.41, 5.74) is 1.93. The average molecular weight is 299 g/mol. The van der Waals surface area contributed by atoms with Crippen LogP contribution in [0.25, 0.3) is 0 Å². The molecule has 1 aromatic carbocycles. The fraction of sp³-hybridized carbons (Fsp3) is 0.462. The van der Waals surface area contributed by atoms with Crippen molar-refractivity contribution in [3.8, 4) is 0 Å². The topological polar surface area (TPSA) is 41.1 Å². The number of amides is 1. The predicted molar refractivity (Wildman–Crippen MR) is 75.3 cm³/mol. The molecule has 1 unspecified atom stereocenters. The second kappa shape index (κ2) is 6.77. The van der Waals surface area contributed by atoms with Crippen LogP contribution in [-0.4, -0.2) is 18.5 Å². The minimum absolute atomic E-state index is 0.0170. The molecule has 1 rings (SSSR count). The molecule has 0 spiro atoms. The van der Waals surface area contributed by atoms with Gasteiger partial charge < -0.3 is 10.6 Å². The van der Waals surface area contributed by atoms with Crippen molar-refractivity contribution >= 4 is 27.5 Å². The molecule has 17 heavy (non-hydrogen) atoms. The van der Waals surface area contributed by atoms with Gasteiger partial charge in [0.25, 0.3) is 0 Å². The number of aryl methyl sites for hydroxylation is 1. The van der Waals surface area contributed by atoms with Gasteiger partial charge in [-0.05, 0) is 47.8 Å².